The third kappa shape index (κ3) is 1.52. The van der Waals surface area contributed by atoms with Crippen molar-refractivity contribution < 1.29 is 0 Å². The number of aromatic nitrogens is 2. The molecule has 3 rings (SSSR count). The summed E-state index contributed by atoms with van der Waals surface area (Å²) in [4.78, 5) is 0. The minimum atomic E-state index is 0.649. The van der Waals surface area contributed by atoms with Crippen LogP contribution in [0.1, 0.15) is 22.5 Å². The molecule has 4 nitrogen and oxygen atoms in total. The van der Waals surface area contributed by atoms with Crippen LogP contribution < -0.4 is 5.32 Å². The van der Waals surface area contributed by atoms with Crippen LogP contribution in [0.5, 0.6) is 0 Å². The van der Waals surface area contributed by atoms with Crippen molar-refractivity contribution in [3.05, 3.63) is 46.8 Å². The number of hydrogen-bond donors (Lipinski definition) is 1. The molecule has 0 aliphatic carbocycles. The lowest BCUT2D eigenvalue weighted by molar-refractivity contribution is 0.717. The molecule has 1 N–H and O–H groups in total. The van der Waals surface area contributed by atoms with E-state index in [0.717, 1.165) is 30.0 Å². The zero-order chi connectivity index (χ0) is 11.8. The predicted octanol–water partition coefficient (Wildman–Crippen LogP) is 1.66. The van der Waals surface area contributed by atoms with Gasteiger partial charge in [0.2, 0.25) is 0 Å². The number of rotatable bonds is 1. The highest BCUT2D eigenvalue weighted by Crippen LogP contribution is 2.22. The second kappa shape index (κ2) is 3.72. The van der Waals surface area contributed by atoms with E-state index in [1.807, 2.05) is 31.2 Å². The fraction of sp³-hybridized carbons (Fsp3) is 0.231. The zero-order valence-electron chi connectivity index (χ0n) is 9.57. The highest BCUT2D eigenvalue weighted by Gasteiger charge is 2.22. The maximum Gasteiger partial charge on any atom is 0.149 e. The van der Waals surface area contributed by atoms with Crippen molar-refractivity contribution in [2.75, 3.05) is 0 Å². The molecule has 0 unspecified atom stereocenters. The molecule has 1 aliphatic heterocycles. The summed E-state index contributed by atoms with van der Waals surface area (Å²) in [6, 6.07) is 10.3. The average Bonchev–Trinajstić information content (AvgIpc) is 2.88. The molecule has 1 aromatic heterocycles. The molecule has 0 fully saturated rings. The van der Waals surface area contributed by atoms with Crippen LogP contribution in [-0.4, -0.2) is 9.78 Å². The van der Waals surface area contributed by atoms with Crippen LogP contribution in [0, 0.1) is 18.3 Å². The van der Waals surface area contributed by atoms with Crippen LogP contribution >= 0.6 is 0 Å². The van der Waals surface area contributed by atoms with Gasteiger partial charge in [-0.15, -0.1) is 0 Å². The molecular formula is C13H12N4. The molecule has 0 spiro atoms. The average molecular weight is 224 g/mol. The van der Waals surface area contributed by atoms with E-state index >= 15 is 0 Å². The number of fused-ring (bicyclic) bond motifs is 1. The van der Waals surface area contributed by atoms with Crippen molar-refractivity contribution in [1.29, 1.82) is 5.26 Å². The topological polar surface area (TPSA) is 53.6 Å². The van der Waals surface area contributed by atoms with Gasteiger partial charge < -0.3 is 5.32 Å². The molecule has 4 heteroatoms. The number of nitrogens with one attached hydrogen (secondary N) is 1. The Morgan fingerprint density at radius 3 is 3.06 bits per heavy atom. The lowest BCUT2D eigenvalue weighted by atomic mass is 10.2. The van der Waals surface area contributed by atoms with Gasteiger partial charge in [-0.25, -0.2) is 4.68 Å². The van der Waals surface area contributed by atoms with Crippen LogP contribution in [-0.2, 0) is 13.1 Å². The monoisotopic (exact) mass is 224 g/mol. The summed E-state index contributed by atoms with van der Waals surface area (Å²) in [5.74, 6) is 0. The number of benzene rings is 1. The third-order valence-corrected chi connectivity index (χ3v) is 3.01. The Bertz CT molecular complexity index is 619. The van der Waals surface area contributed by atoms with Gasteiger partial charge in [-0.1, -0.05) is 12.1 Å². The first-order valence-corrected chi connectivity index (χ1v) is 5.58. The number of hydrogen-bond acceptors (Lipinski definition) is 3. The van der Waals surface area contributed by atoms with Gasteiger partial charge in [0.25, 0.3) is 0 Å². The molecule has 0 bridgehead atoms. The van der Waals surface area contributed by atoms with Crippen molar-refractivity contribution in [3.8, 4) is 11.8 Å². The van der Waals surface area contributed by atoms with Crippen molar-refractivity contribution in [2.45, 2.75) is 20.0 Å². The SMILES string of the molecule is Cc1cccc(-n2nc3c(c2C#N)CNC3)c1. The summed E-state index contributed by atoms with van der Waals surface area (Å²) in [6.45, 7) is 3.53. The number of nitrogens with zero attached hydrogens (tertiary/aromatic N) is 3. The summed E-state index contributed by atoms with van der Waals surface area (Å²) in [5, 5.41) is 17.0. The molecular weight excluding hydrogens is 212 g/mol. The predicted molar refractivity (Wildman–Crippen MR) is 63.6 cm³/mol. The maximum absolute atomic E-state index is 9.26. The van der Waals surface area contributed by atoms with Gasteiger partial charge in [0.1, 0.15) is 11.8 Å². The lowest BCUT2D eigenvalue weighted by Gasteiger charge is -2.05. The highest BCUT2D eigenvalue weighted by atomic mass is 15.3. The molecule has 0 saturated heterocycles. The minimum Gasteiger partial charge on any atom is -0.307 e. The van der Waals surface area contributed by atoms with E-state index < -0.39 is 0 Å². The van der Waals surface area contributed by atoms with E-state index in [-0.39, 0.29) is 0 Å². The Morgan fingerprint density at radius 1 is 1.41 bits per heavy atom. The Kier molecular flexibility index (Phi) is 2.20. The summed E-state index contributed by atoms with van der Waals surface area (Å²) < 4.78 is 1.75. The number of nitriles is 1. The van der Waals surface area contributed by atoms with Gasteiger partial charge in [0, 0.05) is 18.7 Å². The Labute approximate surface area is 99.5 Å². The van der Waals surface area contributed by atoms with Crippen LogP contribution in [0.3, 0.4) is 0 Å². The van der Waals surface area contributed by atoms with E-state index in [0.29, 0.717) is 5.69 Å². The Morgan fingerprint density at radius 2 is 2.29 bits per heavy atom. The third-order valence-electron chi connectivity index (χ3n) is 3.01. The fourth-order valence-electron chi connectivity index (χ4n) is 2.19. The van der Waals surface area contributed by atoms with E-state index in [9.17, 15) is 5.26 Å². The largest absolute Gasteiger partial charge is 0.307 e. The number of aryl methyl sites for hydroxylation is 1. The van der Waals surface area contributed by atoms with E-state index in [4.69, 9.17) is 0 Å². The van der Waals surface area contributed by atoms with Crippen LogP contribution in [0.25, 0.3) is 5.69 Å². The molecule has 0 amide bonds. The van der Waals surface area contributed by atoms with Crippen LogP contribution in [0.2, 0.25) is 0 Å². The van der Waals surface area contributed by atoms with Crippen molar-refractivity contribution in [1.82, 2.24) is 15.1 Å². The first-order chi connectivity index (χ1) is 8.29. The smallest absolute Gasteiger partial charge is 0.149 e. The maximum atomic E-state index is 9.26. The molecule has 0 saturated carbocycles. The van der Waals surface area contributed by atoms with E-state index in [1.54, 1.807) is 4.68 Å². The second-order valence-corrected chi connectivity index (χ2v) is 4.24. The molecule has 2 heterocycles. The Hall–Kier alpha value is -2.12. The normalized spacial score (nSPS) is 13.4. The molecule has 1 aromatic carbocycles. The molecule has 2 aromatic rings. The van der Waals surface area contributed by atoms with Crippen LogP contribution in [0.15, 0.2) is 24.3 Å². The van der Waals surface area contributed by atoms with Gasteiger partial charge in [0.05, 0.1) is 11.4 Å². The standard InChI is InChI=1S/C13H12N4/c1-9-3-2-4-10(5-9)17-13(6-14)11-7-15-8-12(11)16-17/h2-5,15H,7-8H2,1H3. The van der Waals surface area contributed by atoms with Gasteiger partial charge >= 0.3 is 0 Å². The van der Waals surface area contributed by atoms with Crippen molar-refractivity contribution in [3.63, 3.8) is 0 Å². The minimum absolute atomic E-state index is 0.649. The van der Waals surface area contributed by atoms with Gasteiger partial charge in [0.15, 0.2) is 0 Å². The summed E-state index contributed by atoms with van der Waals surface area (Å²) in [6.07, 6.45) is 0. The van der Waals surface area contributed by atoms with Gasteiger partial charge in [-0.2, -0.15) is 10.4 Å². The van der Waals surface area contributed by atoms with Crippen LogP contribution in [0.4, 0.5) is 0 Å². The summed E-state index contributed by atoms with van der Waals surface area (Å²) >= 11 is 0. The zero-order valence-corrected chi connectivity index (χ0v) is 9.57. The lowest BCUT2D eigenvalue weighted by Crippen LogP contribution is -2.08. The van der Waals surface area contributed by atoms with Crippen molar-refractivity contribution in [2.24, 2.45) is 0 Å². The molecule has 17 heavy (non-hydrogen) atoms. The second-order valence-electron chi connectivity index (χ2n) is 4.24. The highest BCUT2D eigenvalue weighted by molar-refractivity contribution is 5.45. The molecule has 0 radical (unpaired) electrons. The summed E-state index contributed by atoms with van der Waals surface area (Å²) in [5.41, 5.74) is 4.80. The first kappa shape index (κ1) is 10.1. The summed E-state index contributed by atoms with van der Waals surface area (Å²) in [7, 11) is 0. The van der Waals surface area contributed by atoms with Crippen molar-refractivity contribution >= 4 is 0 Å². The molecule has 0 atom stereocenters. The molecule has 1 aliphatic rings. The first-order valence-electron chi connectivity index (χ1n) is 5.58. The molecule has 84 valence electrons. The van der Waals surface area contributed by atoms with E-state index in [2.05, 4.69) is 16.5 Å². The fourth-order valence-corrected chi connectivity index (χ4v) is 2.19. The van der Waals surface area contributed by atoms with E-state index in [1.165, 1.54) is 5.56 Å². The van der Waals surface area contributed by atoms with Gasteiger partial charge in [-0.3, -0.25) is 0 Å². The Balaban J connectivity index is 2.19. The quantitative estimate of drug-likeness (QED) is 0.801. The van der Waals surface area contributed by atoms with Gasteiger partial charge in [-0.05, 0) is 24.6 Å².